The van der Waals surface area contributed by atoms with Crippen molar-refractivity contribution >= 4 is 29.2 Å². The van der Waals surface area contributed by atoms with Gasteiger partial charge in [-0.25, -0.2) is 0 Å². The van der Waals surface area contributed by atoms with Gasteiger partial charge in [-0.15, -0.1) is 0 Å². The number of carbonyl (C=O) groups excluding carboxylic acids is 2. The summed E-state index contributed by atoms with van der Waals surface area (Å²) in [5.41, 5.74) is 0.405. The number of halogens is 1. The van der Waals surface area contributed by atoms with Crippen LogP contribution < -0.4 is 20.5 Å². The minimum absolute atomic E-state index is 0.183. The summed E-state index contributed by atoms with van der Waals surface area (Å²) in [4.78, 5) is 23.0. The van der Waals surface area contributed by atoms with Crippen molar-refractivity contribution in [1.82, 2.24) is 0 Å². The molecule has 1 amide bonds. The molecule has 1 atom stereocenters. The number of carbonyl (C=O) groups is 2. The highest BCUT2D eigenvalue weighted by Crippen LogP contribution is 2.27. The highest BCUT2D eigenvalue weighted by Gasteiger charge is 2.18. The molecule has 116 valence electrons. The quantitative estimate of drug-likeness (QED) is 0.693. The van der Waals surface area contributed by atoms with Gasteiger partial charge in [0.05, 0.1) is 31.7 Å². The fourth-order valence-corrected chi connectivity index (χ4v) is 1.98. The second kappa shape index (κ2) is 8.49. The molecule has 0 fully saturated rings. The second-order valence-corrected chi connectivity index (χ2v) is 4.98. The van der Waals surface area contributed by atoms with Crippen LogP contribution in [0.25, 0.3) is 0 Å². The summed E-state index contributed by atoms with van der Waals surface area (Å²) in [6, 6.07) is 3.89. The molecule has 0 bridgehead atoms. The first kappa shape index (κ1) is 17.3. The first-order chi connectivity index (χ1) is 9.97. The number of carboxylic acid groups (broad SMARTS) is 1. The van der Waals surface area contributed by atoms with Crippen molar-refractivity contribution in [3.8, 4) is 5.75 Å². The van der Waals surface area contributed by atoms with Gasteiger partial charge >= 0.3 is 0 Å². The zero-order valence-corrected chi connectivity index (χ0v) is 12.8. The number of rotatable bonds is 8. The molecule has 0 aliphatic rings. The van der Waals surface area contributed by atoms with E-state index in [1.165, 1.54) is 7.11 Å². The third kappa shape index (κ3) is 5.61. The lowest BCUT2D eigenvalue weighted by atomic mass is 10.2. The molecule has 0 aliphatic carbocycles. The Kier molecular flexibility index (Phi) is 6.98. The Labute approximate surface area is 128 Å². The van der Waals surface area contributed by atoms with Crippen molar-refractivity contribution in [2.45, 2.75) is 25.8 Å². The third-order valence-corrected chi connectivity index (χ3v) is 3.12. The summed E-state index contributed by atoms with van der Waals surface area (Å²) in [6.45, 7) is 2.55. The lowest BCUT2D eigenvalue weighted by molar-refractivity contribution is -0.682. The van der Waals surface area contributed by atoms with Crippen LogP contribution in [0, 0.1) is 0 Å². The van der Waals surface area contributed by atoms with Gasteiger partial charge in [-0.3, -0.25) is 4.79 Å². The van der Waals surface area contributed by atoms with Gasteiger partial charge in [0.25, 0.3) is 0 Å². The smallest absolute Gasteiger partial charge is 0.230 e. The molecule has 6 nitrogen and oxygen atoms in total. The van der Waals surface area contributed by atoms with Crippen molar-refractivity contribution in [2.75, 3.05) is 19.0 Å². The number of quaternary nitrogens is 1. The highest BCUT2D eigenvalue weighted by atomic mass is 35.5. The van der Waals surface area contributed by atoms with Gasteiger partial charge in [0.15, 0.2) is 0 Å². The lowest BCUT2D eigenvalue weighted by Gasteiger charge is -2.16. The van der Waals surface area contributed by atoms with Gasteiger partial charge in [-0.05, 0) is 24.6 Å². The number of amides is 1. The second-order valence-electron chi connectivity index (χ2n) is 4.55. The Morgan fingerprint density at radius 2 is 2.19 bits per heavy atom. The van der Waals surface area contributed by atoms with Gasteiger partial charge in [0.2, 0.25) is 5.91 Å². The SMILES string of the molecule is CCC[NH2+]C(CC(=O)Nc1cc(Cl)ccc1OC)C(=O)[O-]. The summed E-state index contributed by atoms with van der Waals surface area (Å²) in [6.07, 6.45) is 0.630. The first-order valence-corrected chi connectivity index (χ1v) is 7.03. The van der Waals surface area contributed by atoms with Crippen molar-refractivity contribution in [3.63, 3.8) is 0 Å². The predicted octanol–water partition coefficient (Wildman–Crippen LogP) is -0.231. The van der Waals surface area contributed by atoms with Crippen LogP contribution in [0.4, 0.5) is 5.69 Å². The maximum atomic E-state index is 11.9. The topological polar surface area (TPSA) is 95.1 Å². The summed E-state index contributed by atoms with van der Waals surface area (Å²) < 4.78 is 5.11. The third-order valence-electron chi connectivity index (χ3n) is 2.88. The van der Waals surface area contributed by atoms with E-state index in [1.54, 1.807) is 23.5 Å². The summed E-state index contributed by atoms with van der Waals surface area (Å²) in [7, 11) is 1.47. The van der Waals surface area contributed by atoms with E-state index >= 15 is 0 Å². The summed E-state index contributed by atoms with van der Waals surface area (Å²) >= 11 is 5.86. The van der Waals surface area contributed by atoms with Crippen LogP contribution in [-0.2, 0) is 9.59 Å². The molecule has 1 rings (SSSR count). The standard InChI is InChI=1S/C14H19ClN2O4/c1-3-6-16-11(14(19)20)8-13(18)17-10-7-9(15)4-5-12(10)21-2/h4-5,7,11,16H,3,6,8H2,1-2H3,(H,17,18)(H,19,20). The number of carboxylic acids is 1. The van der Waals surface area contributed by atoms with Crippen molar-refractivity contribution in [1.29, 1.82) is 0 Å². The van der Waals surface area contributed by atoms with Crippen LogP contribution in [0.5, 0.6) is 5.75 Å². The van der Waals surface area contributed by atoms with Crippen LogP contribution in [0.15, 0.2) is 18.2 Å². The van der Waals surface area contributed by atoms with E-state index in [2.05, 4.69) is 5.32 Å². The van der Waals surface area contributed by atoms with Gasteiger partial charge < -0.3 is 25.3 Å². The summed E-state index contributed by atoms with van der Waals surface area (Å²) in [5.74, 6) is -1.23. The normalized spacial score (nSPS) is 11.8. The Hall–Kier alpha value is -1.79. The van der Waals surface area contributed by atoms with Crippen LogP contribution in [0.3, 0.4) is 0 Å². The molecule has 0 radical (unpaired) electrons. The molecule has 0 saturated carbocycles. The molecule has 1 aromatic carbocycles. The molecular formula is C14H19ClN2O4. The number of anilines is 1. The maximum absolute atomic E-state index is 11.9. The number of nitrogens with one attached hydrogen (secondary N) is 1. The minimum Gasteiger partial charge on any atom is -0.544 e. The van der Waals surface area contributed by atoms with Gasteiger partial charge in [-0.2, -0.15) is 0 Å². The number of aliphatic carboxylic acids is 1. The van der Waals surface area contributed by atoms with Crippen molar-refractivity contribution < 1.29 is 24.7 Å². The molecule has 0 saturated heterocycles. The van der Waals surface area contributed by atoms with Gasteiger partial charge in [0, 0.05) is 5.02 Å². The molecule has 0 aromatic heterocycles. The fraction of sp³-hybridized carbons (Fsp3) is 0.429. The number of hydrogen-bond donors (Lipinski definition) is 2. The first-order valence-electron chi connectivity index (χ1n) is 6.65. The van der Waals surface area contributed by atoms with E-state index in [4.69, 9.17) is 16.3 Å². The summed E-state index contributed by atoms with van der Waals surface area (Å²) in [5, 5.41) is 15.6. The maximum Gasteiger partial charge on any atom is 0.230 e. The van der Waals surface area contributed by atoms with Crippen LogP contribution in [-0.4, -0.2) is 31.6 Å². The van der Waals surface area contributed by atoms with Crippen LogP contribution >= 0.6 is 11.6 Å². The molecule has 0 heterocycles. The molecule has 21 heavy (non-hydrogen) atoms. The van der Waals surface area contributed by atoms with Crippen LogP contribution in [0.1, 0.15) is 19.8 Å². The van der Waals surface area contributed by atoms with Gasteiger partial charge in [-0.1, -0.05) is 18.5 Å². The van der Waals surface area contributed by atoms with Crippen LogP contribution in [0.2, 0.25) is 5.02 Å². The number of benzene rings is 1. The molecule has 0 spiro atoms. The van der Waals surface area contributed by atoms with E-state index in [1.807, 2.05) is 6.92 Å². The number of hydrogen-bond acceptors (Lipinski definition) is 4. The highest BCUT2D eigenvalue weighted by molar-refractivity contribution is 6.31. The average Bonchev–Trinajstić information content (AvgIpc) is 2.43. The molecule has 7 heteroatoms. The Bertz CT molecular complexity index is 508. The molecular weight excluding hydrogens is 296 g/mol. The minimum atomic E-state index is -1.25. The Morgan fingerprint density at radius 3 is 2.76 bits per heavy atom. The predicted molar refractivity (Wildman–Crippen MR) is 77.1 cm³/mol. The van der Waals surface area contributed by atoms with Crippen molar-refractivity contribution in [2.24, 2.45) is 0 Å². The molecule has 1 unspecified atom stereocenters. The van der Waals surface area contributed by atoms with E-state index in [-0.39, 0.29) is 6.42 Å². The molecule has 0 aliphatic heterocycles. The lowest BCUT2D eigenvalue weighted by Crippen LogP contribution is -2.93. The average molecular weight is 315 g/mol. The Balaban J connectivity index is 2.71. The largest absolute Gasteiger partial charge is 0.544 e. The van der Waals surface area contributed by atoms with E-state index in [0.717, 1.165) is 6.42 Å². The van der Waals surface area contributed by atoms with E-state index in [9.17, 15) is 14.7 Å². The number of nitrogens with two attached hydrogens (primary N) is 1. The Morgan fingerprint density at radius 1 is 1.48 bits per heavy atom. The van der Waals surface area contributed by atoms with E-state index in [0.29, 0.717) is 23.0 Å². The zero-order valence-electron chi connectivity index (χ0n) is 12.0. The number of methoxy groups -OCH3 is 1. The molecule has 1 aromatic rings. The monoisotopic (exact) mass is 314 g/mol. The fourth-order valence-electron chi connectivity index (χ4n) is 1.81. The molecule has 3 N–H and O–H groups in total. The van der Waals surface area contributed by atoms with E-state index < -0.39 is 17.9 Å². The van der Waals surface area contributed by atoms with Gasteiger partial charge in [0.1, 0.15) is 11.8 Å². The number of ether oxygens (including phenoxy) is 1. The zero-order chi connectivity index (χ0) is 15.8. The van der Waals surface area contributed by atoms with Crippen molar-refractivity contribution in [3.05, 3.63) is 23.2 Å².